The number of rotatable bonds is 3. The molecule has 0 radical (unpaired) electrons. The average Bonchev–Trinajstić information content (AvgIpc) is 2.50. The summed E-state index contributed by atoms with van der Waals surface area (Å²) in [5, 5.41) is 0.451. The number of fused-ring (bicyclic) bond motifs is 1. The molecule has 0 saturated carbocycles. The lowest BCUT2D eigenvalue weighted by molar-refractivity contribution is 0.175. The Morgan fingerprint density at radius 3 is 2.75 bits per heavy atom. The summed E-state index contributed by atoms with van der Waals surface area (Å²) in [6, 6.07) is 4.87. The van der Waals surface area contributed by atoms with Crippen LogP contribution in [0.1, 0.15) is 12.5 Å². The fourth-order valence-electron chi connectivity index (χ4n) is 1.59. The summed E-state index contributed by atoms with van der Waals surface area (Å²) in [6.45, 7) is 2.41. The van der Waals surface area contributed by atoms with Gasteiger partial charge in [-0.3, -0.25) is 0 Å². The smallest absolute Gasteiger partial charge is 0.205 e. The number of hydrogen-bond acceptors (Lipinski definition) is 3. The molecule has 0 fully saturated rings. The molecule has 0 saturated heterocycles. The number of benzene rings is 1. The van der Waals surface area contributed by atoms with Crippen molar-refractivity contribution in [2.24, 2.45) is 0 Å². The summed E-state index contributed by atoms with van der Waals surface area (Å²) < 4.78 is 29.2. The molecule has 1 aromatic carbocycles. The molecule has 1 heterocycles. The van der Waals surface area contributed by atoms with Gasteiger partial charge in [-0.05, 0) is 25.1 Å². The van der Waals surface area contributed by atoms with E-state index in [1.165, 1.54) is 0 Å². The van der Waals surface area contributed by atoms with E-state index in [0.717, 1.165) is 0 Å². The standard InChI is InChI=1S/C11H11ClO3S/c1-2-15-7-8-6-9-10(12)4-3-5-11(9)16(8,13)14/h3-6H,2,7H2,1H3. The summed E-state index contributed by atoms with van der Waals surface area (Å²) in [7, 11) is -3.39. The van der Waals surface area contributed by atoms with Crippen molar-refractivity contribution >= 4 is 27.5 Å². The van der Waals surface area contributed by atoms with Crippen molar-refractivity contribution in [1.29, 1.82) is 0 Å². The van der Waals surface area contributed by atoms with Crippen LogP contribution < -0.4 is 0 Å². The molecule has 0 bridgehead atoms. The lowest BCUT2D eigenvalue weighted by Gasteiger charge is -2.03. The number of hydrogen-bond donors (Lipinski definition) is 0. The fourth-order valence-corrected chi connectivity index (χ4v) is 3.39. The Balaban J connectivity index is 2.49. The van der Waals surface area contributed by atoms with Gasteiger partial charge in [0.15, 0.2) is 0 Å². The van der Waals surface area contributed by atoms with E-state index < -0.39 is 9.84 Å². The Labute approximate surface area is 99.6 Å². The molecule has 1 aromatic rings. The second-order valence-corrected chi connectivity index (χ2v) is 5.78. The molecule has 0 aromatic heterocycles. The van der Waals surface area contributed by atoms with Gasteiger partial charge in [0.25, 0.3) is 0 Å². The molecule has 0 aliphatic carbocycles. The van der Waals surface area contributed by atoms with Crippen molar-refractivity contribution in [2.45, 2.75) is 11.8 Å². The SMILES string of the molecule is CCOCC1=Cc2c(Cl)cccc2S1(=O)=O. The van der Waals surface area contributed by atoms with E-state index >= 15 is 0 Å². The number of ether oxygens (including phenoxy) is 1. The minimum Gasteiger partial charge on any atom is -0.376 e. The maximum absolute atomic E-state index is 12.0. The van der Waals surface area contributed by atoms with Crippen LogP contribution in [-0.4, -0.2) is 21.6 Å². The van der Waals surface area contributed by atoms with Crippen LogP contribution in [0, 0.1) is 0 Å². The van der Waals surface area contributed by atoms with Crippen LogP contribution >= 0.6 is 11.6 Å². The fraction of sp³-hybridized carbons (Fsp3) is 0.273. The second kappa shape index (κ2) is 4.20. The molecule has 0 unspecified atom stereocenters. The van der Waals surface area contributed by atoms with Crippen molar-refractivity contribution in [1.82, 2.24) is 0 Å². The molecular formula is C11H11ClO3S. The van der Waals surface area contributed by atoms with Crippen molar-refractivity contribution in [3.05, 3.63) is 33.7 Å². The predicted molar refractivity (Wildman–Crippen MR) is 63.1 cm³/mol. The van der Waals surface area contributed by atoms with Crippen molar-refractivity contribution in [3.8, 4) is 0 Å². The first-order chi connectivity index (χ1) is 7.57. The third-order valence-electron chi connectivity index (χ3n) is 2.40. The quantitative estimate of drug-likeness (QED) is 0.837. The van der Waals surface area contributed by atoms with Crippen LogP contribution in [0.25, 0.3) is 6.08 Å². The lowest BCUT2D eigenvalue weighted by atomic mass is 10.2. The highest BCUT2D eigenvalue weighted by Gasteiger charge is 2.30. The van der Waals surface area contributed by atoms with E-state index in [1.807, 2.05) is 6.92 Å². The Morgan fingerprint density at radius 2 is 2.12 bits per heavy atom. The van der Waals surface area contributed by atoms with Crippen LogP contribution in [0.2, 0.25) is 5.02 Å². The molecule has 3 nitrogen and oxygen atoms in total. The molecule has 0 atom stereocenters. The first kappa shape index (κ1) is 11.6. The van der Waals surface area contributed by atoms with Crippen molar-refractivity contribution in [3.63, 3.8) is 0 Å². The van der Waals surface area contributed by atoms with Gasteiger partial charge >= 0.3 is 0 Å². The summed E-state index contributed by atoms with van der Waals surface area (Å²) >= 11 is 5.95. The molecule has 0 spiro atoms. The molecule has 0 amide bonds. The Hall–Kier alpha value is -0.840. The average molecular weight is 259 g/mol. The minimum atomic E-state index is -3.39. The zero-order chi connectivity index (χ0) is 11.8. The summed E-state index contributed by atoms with van der Waals surface area (Å²) in [5.41, 5.74) is 0.568. The maximum atomic E-state index is 12.0. The lowest BCUT2D eigenvalue weighted by Crippen LogP contribution is -2.06. The van der Waals surface area contributed by atoms with Gasteiger partial charge < -0.3 is 4.74 Å². The number of halogens is 1. The van der Waals surface area contributed by atoms with Gasteiger partial charge in [0.2, 0.25) is 9.84 Å². The van der Waals surface area contributed by atoms with Crippen molar-refractivity contribution in [2.75, 3.05) is 13.2 Å². The maximum Gasteiger partial charge on any atom is 0.205 e. The van der Waals surface area contributed by atoms with Crippen LogP contribution in [0.3, 0.4) is 0 Å². The molecular weight excluding hydrogens is 248 g/mol. The molecule has 16 heavy (non-hydrogen) atoms. The molecule has 5 heteroatoms. The van der Waals surface area contributed by atoms with E-state index in [4.69, 9.17) is 16.3 Å². The van der Waals surface area contributed by atoms with Crippen molar-refractivity contribution < 1.29 is 13.2 Å². The van der Waals surface area contributed by atoms with Gasteiger partial charge in [0.05, 0.1) is 16.4 Å². The molecule has 1 aliphatic heterocycles. The van der Waals surface area contributed by atoms with Crippen LogP contribution in [-0.2, 0) is 14.6 Å². The van der Waals surface area contributed by atoms with Crippen LogP contribution in [0.15, 0.2) is 28.0 Å². The van der Waals surface area contributed by atoms with E-state index in [2.05, 4.69) is 0 Å². The highest BCUT2D eigenvalue weighted by molar-refractivity contribution is 7.95. The second-order valence-electron chi connectivity index (χ2n) is 3.40. The van der Waals surface area contributed by atoms with E-state index in [1.54, 1.807) is 24.3 Å². The zero-order valence-corrected chi connectivity index (χ0v) is 10.3. The first-order valence-corrected chi connectivity index (χ1v) is 6.75. The summed E-state index contributed by atoms with van der Waals surface area (Å²) in [4.78, 5) is 0.548. The van der Waals surface area contributed by atoms with E-state index in [0.29, 0.717) is 17.2 Å². The highest BCUT2D eigenvalue weighted by atomic mass is 35.5. The molecule has 2 rings (SSSR count). The number of sulfone groups is 1. The van der Waals surface area contributed by atoms with Gasteiger partial charge in [0, 0.05) is 17.2 Å². The molecule has 0 N–H and O–H groups in total. The first-order valence-electron chi connectivity index (χ1n) is 4.89. The topological polar surface area (TPSA) is 43.4 Å². The van der Waals surface area contributed by atoms with E-state index in [9.17, 15) is 8.42 Å². The normalized spacial score (nSPS) is 17.0. The van der Waals surface area contributed by atoms with Gasteiger partial charge in [-0.25, -0.2) is 8.42 Å². The van der Waals surface area contributed by atoms with Gasteiger partial charge in [0.1, 0.15) is 0 Å². The Kier molecular flexibility index (Phi) is 3.06. The summed E-state index contributed by atoms with van der Waals surface area (Å²) in [6.07, 6.45) is 1.59. The van der Waals surface area contributed by atoms with Crippen LogP contribution in [0.5, 0.6) is 0 Å². The zero-order valence-electron chi connectivity index (χ0n) is 8.73. The van der Waals surface area contributed by atoms with Gasteiger partial charge in [-0.2, -0.15) is 0 Å². The van der Waals surface area contributed by atoms with Crippen LogP contribution in [0.4, 0.5) is 0 Å². The largest absolute Gasteiger partial charge is 0.376 e. The monoisotopic (exact) mass is 258 g/mol. The third-order valence-corrected chi connectivity index (χ3v) is 4.59. The Bertz CT molecular complexity index is 546. The third kappa shape index (κ3) is 1.77. The molecule has 1 aliphatic rings. The molecule has 86 valence electrons. The van der Waals surface area contributed by atoms with E-state index in [-0.39, 0.29) is 16.4 Å². The highest BCUT2D eigenvalue weighted by Crippen LogP contribution is 2.36. The summed E-state index contributed by atoms with van der Waals surface area (Å²) in [5.74, 6) is 0. The predicted octanol–water partition coefficient (Wildman–Crippen LogP) is 2.50. The van der Waals surface area contributed by atoms with Gasteiger partial charge in [-0.15, -0.1) is 0 Å². The minimum absolute atomic E-state index is 0.101. The van der Waals surface area contributed by atoms with Gasteiger partial charge in [-0.1, -0.05) is 17.7 Å². The Morgan fingerprint density at radius 1 is 1.38 bits per heavy atom.